The van der Waals surface area contributed by atoms with Gasteiger partial charge in [0.05, 0.1) is 12.4 Å². The lowest BCUT2D eigenvalue weighted by atomic mass is 9.49. The third kappa shape index (κ3) is 2.92. The minimum atomic E-state index is -0.265. The van der Waals surface area contributed by atoms with E-state index in [1.807, 2.05) is 6.07 Å². The van der Waals surface area contributed by atoms with E-state index in [4.69, 9.17) is 10.2 Å². The second kappa shape index (κ2) is 7.06. The summed E-state index contributed by atoms with van der Waals surface area (Å²) in [5, 5.41) is 20.2. The number of aliphatic hydroxyl groups is 2. The van der Waals surface area contributed by atoms with E-state index >= 15 is 0 Å². The van der Waals surface area contributed by atoms with E-state index in [1.165, 1.54) is 5.57 Å². The molecule has 0 amide bonds. The molecule has 0 saturated heterocycles. The summed E-state index contributed by atoms with van der Waals surface area (Å²) in [4.78, 5) is 0. The summed E-state index contributed by atoms with van der Waals surface area (Å²) in [5.41, 5.74) is 7.94. The van der Waals surface area contributed by atoms with Crippen molar-refractivity contribution in [2.45, 2.75) is 58.5 Å². The lowest BCUT2D eigenvalue weighted by Gasteiger charge is -2.56. The topological polar surface area (TPSA) is 79.6 Å². The lowest BCUT2D eigenvalue weighted by Crippen LogP contribution is -2.53. The highest BCUT2D eigenvalue weighted by molar-refractivity contribution is 5.69. The van der Waals surface area contributed by atoms with Crippen LogP contribution in [-0.2, 0) is 0 Å². The molecule has 3 aliphatic carbocycles. The molecule has 27 heavy (non-hydrogen) atoms. The first-order chi connectivity index (χ1) is 12.9. The van der Waals surface area contributed by atoms with Crippen LogP contribution in [0.2, 0.25) is 0 Å². The van der Waals surface area contributed by atoms with E-state index in [0.717, 1.165) is 44.3 Å². The van der Waals surface area contributed by atoms with Crippen LogP contribution in [0.4, 0.5) is 0 Å². The summed E-state index contributed by atoms with van der Waals surface area (Å²) in [7, 11) is 0. The molecule has 0 bridgehead atoms. The minimum absolute atomic E-state index is 0.0623. The average molecular weight is 374 g/mol. The van der Waals surface area contributed by atoms with Crippen LogP contribution in [0.5, 0.6) is 0 Å². The fourth-order valence-electron chi connectivity index (χ4n) is 6.98. The van der Waals surface area contributed by atoms with Crippen LogP contribution in [0.1, 0.15) is 58.1 Å². The van der Waals surface area contributed by atoms with Crippen LogP contribution < -0.4 is 5.73 Å². The Hall–Kier alpha value is -1.10. The number of aliphatic hydroxyl groups excluding tert-OH is 2. The fraction of sp³-hybridized carbons (Fsp3) is 0.739. The molecule has 0 aromatic carbocycles. The first-order valence-corrected chi connectivity index (χ1v) is 10.7. The molecule has 3 aliphatic rings. The van der Waals surface area contributed by atoms with Crippen molar-refractivity contribution in [3.8, 4) is 0 Å². The Kier molecular flexibility index (Phi) is 5.02. The van der Waals surface area contributed by atoms with Gasteiger partial charge in [0.1, 0.15) is 5.76 Å². The zero-order valence-corrected chi connectivity index (χ0v) is 16.7. The van der Waals surface area contributed by atoms with E-state index in [2.05, 4.69) is 26.0 Å². The van der Waals surface area contributed by atoms with Gasteiger partial charge >= 0.3 is 0 Å². The third-order valence-electron chi connectivity index (χ3n) is 8.65. The van der Waals surface area contributed by atoms with Crippen molar-refractivity contribution in [3.63, 3.8) is 0 Å². The van der Waals surface area contributed by atoms with Gasteiger partial charge in [-0.1, -0.05) is 19.9 Å². The summed E-state index contributed by atoms with van der Waals surface area (Å²) in [5.74, 6) is 2.67. The molecule has 7 unspecified atom stereocenters. The van der Waals surface area contributed by atoms with E-state index in [1.54, 1.807) is 6.26 Å². The molecule has 2 saturated carbocycles. The molecule has 1 aromatic rings. The molecule has 4 N–H and O–H groups in total. The molecule has 4 rings (SSSR count). The zero-order valence-electron chi connectivity index (χ0n) is 16.7. The maximum absolute atomic E-state index is 10.1. The number of hydrogen-bond donors (Lipinski definition) is 3. The summed E-state index contributed by atoms with van der Waals surface area (Å²) in [6.45, 7) is 5.61. The Morgan fingerprint density at radius 3 is 2.70 bits per heavy atom. The maximum Gasteiger partial charge on any atom is 0.130 e. The molecule has 150 valence electrons. The second-order valence-corrected chi connectivity index (χ2v) is 9.71. The molecule has 4 nitrogen and oxygen atoms in total. The van der Waals surface area contributed by atoms with Gasteiger partial charge in [-0.15, -0.1) is 0 Å². The van der Waals surface area contributed by atoms with Gasteiger partial charge in [-0.25, -0.2) is 0 Å². The van der Waals surface area contributed by atoms with Gasteiger partial charge in [-0.05, 0) is 97.3 Å². The third-order valence-corrected chi connectivity index (χ3v) is 8.65. The van der Waals surface area contributed by atoms with Gasteiger partial charge in [0.15, 0.2) is 0 Å². The predicted molar refractivity (Wildman–Crippen MR) is 107 cm³/mol. The Morgan fingerprint density at radius 1 is 1.22 bits per heavy atom. The van der Waals surface area contributed by atoms with Crippen molar-refractivity contribution in [2.24, 2.45) is 40.2 Å². The summed E-state index contributed by atoms with van der Waals surface area (Å²) in [6, 6.07) is 4.05. The largest absolute Gasteiger partial charge is 0.465 e. The molecular formula is C23H35NO3. The van der Waals surface area contributed by atoms with Gasteiger partial charge in [-0.2, -0.15) is 0 Å². The van der Waals surface area contributed by atoms with Crippen LogP contribution in [0.25, 0.3) is 5.57 Å². The molecule has 4 heteroatoms. The van der Waals surface area contributed by atoms with Crippen molar-refractivity contribution in [3.05, 3.63) is 30.2 Å². The van der Waals surface area contributed by atoms with E-state index < -0.39 is 0 Å². The van der Waals surface area contributed by atoms with Crippen molar-refractivity contribution in [2.75, 3.05) is 13.2 Å². The zero-order chi connectivity index (χ0) is 19.2. The van der Waals surface area contributed by atoms with Crippen LogP contribution in [-0.4, -0.2) is 29.5 Å². The smallest absolute Gasteiger partial charge is 0.130 e. The van der Waals surface area contributed by atoms with Crippen molar-refractivity contribution >= 4 is 5.57 Å². The van der Waals surface area contributed by atoms with Crippen LogP contribution >= 0.6 is 0 Å². The summed E-state index contributed by atoms with van der Waals surface area (Å²) in [6.07, 6.45) is 9.77. The van der Waals surface area contributed by atoms with Gasteiger partial charge in [0, 0.05) is 6.61 Å². The Bertz CT molecular complexity index is 684. The van der Waals surface area contributed by atoms with Gasteiger partial charge in [0.25, 0.3) is 0 Å². The quantitative estimate of drug-likeness (QED) is 0.749. The van der Waals surface area contributed by atoms with Gasteiger partial charge in [0.2, 0.25) is 0 Å². The number of nitrogens with two attached hydrogens (primary N) is 1. The molecule has 1 heterocycles. The monoisotopic (exact) mass is 373 g/mol. The van der Waals surface area contributed by atoms with Gasteiger partial charge in [-0.3, -0.25) is 0 Å². The normalized spacial score (nSPS) is 44.8. The minimum Gasteiger partial charge on any atom is -0.465 e. The fourth-order valence-corrected chi connectivity index (χ4v) is 6.98. The Labute approximate surface area is 162 Å². The maximum atomic E-state index is 10.1. The van der Waals surface area contributed by atoms with Crippen LogP contribution in [0, 0.1) is 34.5 Å². The first kappa shape index (κ1) is 19.2. The van der Waals surface area contributed by atoms with Crippen LogP contribution in [0.15, 0.2) is 28.9 Å². The van der Waals surface area contributed by atoms with Crippen molar-refractivity contribution < 1.29 is 14.6 Å². The van der Waals surface area contributed by atoms with Crippen molar-refractivity contribution in [1.82, 2.24) is 0 Å². The summed E-state index contributed by atoms with van der Waals surface area (Å²) < 4.78 is 5.75. The molecule has 7 atom stereocenters. The first-order valence-electron chi connectivity index (χ1n) is 10.7. The summed E-state index contributed by atoms with van der Waals surface area (Å²) >= 11 is 0. The number of fused-ring (bicyclic) bond motifs is 1. The molecule has 2 fully saturated rings. The number of hydrogen-bond acceptors (Lipinski definition) is 4. The van der Waals surface area contributed by atoms with E-state index in [0.29, 0.717) is 24.3 Å². The van der Waals surface area contributed by atoms with E-state index in [9.17, 15) is 10.2 Å². The SMILES string of the molecule is CC12CCC(C3(C)CCC(O)CC3CO)C(CN)C1CC=C2c1ccco1. The predicted octanol–water partition coefficient (Wildman–Crippen LogP) is 3.83. The highest BCUT2D eigenvalue weighted by Crippen LogP contribution is 2.63. The van der Waals surface area contributed by atoms with Crippen molar-refractivity contribution in [1.29, 1.82) is 0 Å². The highest BCUT2D eigenvalue weighted by atomic mass is 16.3. The highest BCUT2D eigenvalue weighted by Gasteiger charge is 2.56. The Balaban J connectivity index is 1.62. The molecule has 1 aromatic heterocycles. The second-order valence-electron chi connectivity index (χ2n) is 9.71. The molecule has 0 aliphatic heterocycles. The number of furan rings is 1. The van der Waals surface area contributed by atoms with Crippen LogP contribution in [0.3, 0.4) is 0 Å². The standard InChI is InChI=1S/C23H35NO3/c1-22(9-7-16(26)12-15(22)14-25)19-8-10-23(2)18(17(19)13-24)5-6-20(23)21-4-3-11-27-21/h3-4,6,11,15-19,25-26H,5,7-10,12-14,24H2,1-2H3. The lowest BCUT2D eigenvalue weighted by molar-refractivity contribution is -0.0905. The average Bonchev–Trinajstić information content (AvgIpc) is 3.29. The van der Waals surface area contributed by atoms with Gasteiger partial charge < -0.3 is 20.4 Å². The molecule has 0 spiro atoms. The van der Waals surface area contributed by atoms with E-state index in [-0.39, 0.29) is 29.5 Å². The number of rotatable bonds is 4. The number of allylic oxidation sites excluding steroid dienone is 2. The molecule has 0 radical (unpaired) electrons. The molecular weight excluding hydrogens is 338 g/mol. The Morgan fingerprint density at radius 2 is 2.04 bits per heavy atom.